The van der Waals surface area contributed by atoms with E-state index in [0.717, 1.165) is 18.4 Å². The second-order valence-electron chi connectivity index (χ2n) is 8.00. The molecule has 1 aromatic rings. The minimum atomic E-state index is -1.08. The molecule has 22 heavy (non-hydrogen) atoms. The van der Waals surface area contributed by atoms with Gasteiger partial charge in [-0.2, -0.15) is 0 Å². The van der Waals surface area contributed by atoms with E-state index in [1.165, 1.54) is 6.07 Å². The van der Waals surface area contributed by atoms with Gasteiger partial charge in [0, 0.05) is 23.5 Å². The van der Waals surface area contributed by atoms with Crippen molar-refractivity contribution in [1.29, 1.82) is 0 Å². The first-order chi connectivity index (χ1) is 10.2. The Balaban J connectivity index is 1.98. The van der Waals surface area contributed by atoms with E-state index in [1.807, 2.05) is 0 Å². The molecule has 1 aliphatic heterocycles. The van der Waals surface area contributed by atoms with Crippen molar-refractivity contribution in [1.82, 2.24) is 0 Å². The van der Waals surface area contributed by atoms with Crippen molar-refractivity contribution in [3.8, 4) is 11.5 Å². The third-order valence-electron chi connectivity index (χ3n) is 6.64. The molecule has 0 radical (unpaired) electrons. The lowest BCUT2D eigenvalue weighted by molar-refractivity contribution is -0.120. The molecule has 4 nitrogen and oxygen atoms in total. The number of ether oxygens (including phenoxy) is 1. The number of aromatic carboxylic acids is 1. The smallest absolute Gasteiger partial charge is 0.339 e. The number of rotatable bonds is 1. The number of phenols is 1. The van der Waals surface area contributed by atoms with Crippen LogP contribution in [0.15, 0.2) is 6.07 Å². The number of fused-ring (bicyclic) bond motifs is 2. The van der Waals surface area contributed by atoms with Crippen LogP contribution in [0.5, 0.6) is 11.5 Å². The summed E-state index contributed by atoms with van der Waals surface area (Å²) in [6, 6.07) is 1.51. The molecule has 1 aromatic carbocycles. The van der Waals surface area contributed by atoms with Gasteiger partial charge in [-0.15, -0.1) is 0 Å². The van der Waals surface area contributed by atoms with Gasteiger partial charge in [-0.25, -0.2) is 4.79 Å². The van der Waals surface area contributed by atoms with Crippen molar-refractivity contribution in [2.75, 3.05) is 0 Å². The fourth-order valence-corrected chi connectivity index (χ4v) is 5.66. The third kappa shape index (κ3) is 1.37. The Kier molecular flexibility index (Phi) is 2.39. The van der Waals surface area contributed by atoms with Crippen LogP contribution in [0.3, 0.4) is 0 Å². The first-order valence-corrected chi connectivity index (χ1v) is 7.97. The van der Waals surface area contributed by atoms with Crippen LogP contribution in [0.2, 0.25) is 0 Å². The lowest BCUT2D eigenvalue weighted by Gasteiger charge is -2.62. The fraction of sp³-hybridized carbons (Fsp3) is 0.611. The molecule has 4 rings (SSSR count). The average molecular weight is 302 g/mol. The van der Waals surface area contributed by atoms with Gasteiger partial charge in [-0.3, -0.25) is 0 Å². The zero-order valence-corrected chi connectivity index (χ0v) is 13.4. The number of carbonyl (C=O) groups is 1. The fourth-order valence-electron chi connectivity index (χ4n) is 5.66. The van der Waals surface area contributed by atoms with Gasteiger partial charge in [0.2, 0.25) is 0 Å². The van der Waals surface area contributed by atoms with E-state index >= 15 is 0 Å². The van der Waals surface area contributed by atoms with Crippen molar-refractivity contribution in [2.45, 2.75) is 52.1 Å². The van der Waals surface area contributed by atoms with E-state index in [2.05, 4.69) is 20.8 Å². The number of hydrogen-bond donors (Lipinski definition) is 2. The van der Waals surface area contributed by atoms with Crippen LogP contribution >= 0.6 is 0 Å². The van der Waals surface area contributed by atoms with Gasteiger partial charge >= 0.3 is 5.97 Å². The molecule has 2 N–H and O–H groups in total. The second kappa shape index (κ2) is 3.79. The maximum Gasteiger partial charge on any atom is 0.339 e. The van der Waals surface area contributed by atoms with Gasteiger partial charge < -0.3 is 14.9 Å². The van der Waals surface area contributed by atoms with Crippen LogP contribution in [0.4, 0.5) is 0 Å². The molecule has 4 atom stereocenters. The van der Waals surface area contributed by atoms with Crippen LogP contribution in [0, 0.1) is 24.2 Å². The summed E-state index contributed by atoms with van der Waals surface area (Å²) in [5.74, 6) is 0.811. The molecule has 0 aromatic heterocycles. The van der Waals surface area contributed by atoms with Crippen molar-refractivity contribution in [2.24, 2.45) is 17.3 Å². The Morgan fingerprint density at radius 1 is 1.36 bits per heavy atom. The maximum atomic E-state index is 11.5. The lowest BCUT2D eigenvalue weighted by Crippen LogP contribution is -2.59. The Labute approximate surface area is 130 Å². The van der Waals surface area contributed by atoms with E-state index in [1.54, 1.807) is 6.92 Å². The molecular formula is C18H22O4. The molecule has 2 fully saturated rings. The van der Waals surface area contributed by atoms with Gasteiger partial charge in [-0.05, 0) is 43.6 Å². The molecule has 2 aliphatic carbocycles. The lowest BCUT2D eigenvalue weighted by atomic mass is 9.44. The Hall–Kier alpha value is -1.71. The molecule has 0 spiro atoms. The molecular weight excluding hydrogens is 280 g/mol. The molecule has 1 heterocycles. The summed E-state index contributed by atoms with van der Waals surface area (Å²) in [6.07, 6.45) is 2.19. The van der Waals surface area contributed by atoms with E-state index in [-0.39, 0.29) is 22.3 Å². The zero-order chi connectivity index (χ0) is 16.0. The van der Waals surface area contributed by atoms with Crippen molar-refractivity contribution in [3.63, 3.8) is 0 Å². The Morgan fingerprint density at radius 2 is 2.05 bits per heavy atom. The molecule has 0 saturated heterocycles. The highest BCUT2D eigenvalue weighted by Crippen LogP contribution is 2.73. The molecule has 4 unspecified atom stereocenters. The largest absolute Gasteiger partial charge is 0.507 e. The van der Waals surface area contributed by atoms with Crippen molar-refractivity contribution in [3.05, 3.63) is 22.8 Å². The summed E-state index contributed by atoms with van der Waals surface area (Å²) in [7, 11) is 0. The van der Waals surface area contributed by atoms with Crippen LogP contribution in [-0.2, 0) is 0 Å². The number of benzene rings is 1. The number of hydrogen-bond acceptors (Lipinski definition) is 3. The molecule has 0 amide bonds. The quantitative estimate of drug-likeness (QED) is 0.830. The highest BCUT2D eigenvalue weighted by atomic mass is 16.5. The van der Waals surface area contributed by atoms with Gasteiger partial charge in [-0.1, -0.05) is 13.8 Å². The minimum absolute atomic E-state index is 0.0169. The summed E-state index contributed by atoms with van der Waals surface area (Å²) in [5, 5.41) is 19.5. The van der Waals surface area contributed by atoms with Crippen molar-refractivity contribution < 1.29 is 19.7 Å². The highest BCUT2D eigenvalue weighted by molar-refractivity contribution is 5.93. The first-order valence-electron chi connectivity index (χ1n) is 7.97. The first kappa shape index (κ1) is 13.9. The summed E-state index contributed by atoms with van der Waals surface area (Å²) < 4.78 is 6.28. The summed E-state index contributed by atoms with van der Waals surface area (Å²) in [6.45, 7) is 8.53. The van der Waals surface area contributed by atoms with Crippen LogP contribution in [0.25, 0.3) is 0 Å². The summed E-state index contributed by atoms with van der Waals surface area (Å²) in [4.78, 5) is 11.5. The summed E-state index contributed by atoms with van der Waals surface area (Å²) >= 11 is 0. The van der Waals surface area contributed by atoms with E-state index < -0.39 is 5.97 Å². The van der Waals surface area contributed by atoms with Gasteiger partial charge in [0.15, 0.2) is 0 Å². The maximum absolute atomic E-state index is 11.5. The topological polar surface area (TPSA) is 66.8 Å². The second-order valence-corrected chi connectivity index (χ2v) is 8.00. The molecule has 118 valence electrons. The van der Waals surface area contributed by atoms with Crippen LogP contribution in [0.1, 0.15) is 61.0 Å². The number of carboxylic acid groups (broad SMARTS) is 1. The number of carboxylic acids is 1. The Bertz CT molecular complexity index is 706. The highest BCUT2D eigenvalue weighted by Gasteiger charge is 2.69. The molecule has 2 saturated carbocycles. The number of aromatic hydroxyl groups is 1. The van der Waals surface area contributed by atoms with E-state index in [9.17, 15) is 15.0 Å². The van der Waals surface area contributed by atoms with Crippen LogP contribution < -0.4 is 4.74 Å². The van der Waals surface area contributed by atoms with Gasteiger partial charge in [0.25, 0.3) is 0 Å². The third-order valence-corrected chi connectivity index (χ3v) is 6.64. The van der Waals surface area contributed by atoms with Gasteiger partial charge in [0.05, 0.1) is 0 Å². The Morgan fingerprint density at radius 3 is 2.68 bits per heavy atom. The molecule has 0 bridgehead atoms. The van der Waals surface area contributed by atoms with E-state index in [4.69, 9.17) is 4.74 Å². The van der Waals surface area contributed by atoms with Crippen LogP contribution in [-0.4, -0.2) is 21.8 Å². The standard InChI is InChI=1S/C18H22O4/c1-8-12(16(20)21)10(19)7-11-13(8)15-14-9(17(15,2)3)5-6-18(14,4)22-11/h7,9,14-15,19H,5-6H2,1-4H3,(H,20,21). The predicted molar refractivity (Wildman–Crippen MR) is 81.6 cm³/mol. The molecule has 3 aliphatic rings. The normalized spacial score (nSPS) is 36.8. The van der Waals surface area contributed by atoms with E-state index in [0.29, 0.717) is 29.1 Å². The monoisotopic (exact) mass is 302 g/mol. The molecule has 4 heteroatoms. The van der Waals surface area contributed by atoms with Gasteiger partial charge in [0.1, 0.15) is 22.7 Å². The zero-order valence-electron chi connectivity index (χ0n) is 13.4. The SMILES string of the molecule is Cc1c(C(=O)O)c(O)cc2c1C1C3C(CCC3(C)O2)C1(C)C. The predicted octanol–water partition coefficient (Wildman–Crippen LogP) is 3.70. The average Bonchev–Trinajstić information content (AvgIpc) is 2.71. The van der Waals surface area contributed by atoms with Crippen molar-refractivity contribution >= 4 is 5.97 Å². The summed E-state index contributed by atoms with van der Waals surface area (Å²) in [5.41, 5.74) is 1.65. The minimum Gasteiger partial charge on any atom is -0.507 e.